The molecule has 2 heterocycles. The molecule has 0 saturated carbocycles. The number of thiophene rings is 1. The van der Waals surface area contributed by atoms with Gasteiger partial charge in [-0.25, -0.2) is 9.78 Å². The number of amides is 1. The van der Waals surface area contributed by atoms with Crippen molar-refractivity contribution in [1.82, 2.24) is 10.3 Å². The zero-order valence-electron chi connectivity index (χ0n) is 17.6. The molecule has 0 radical (unpaired) electrons. The molecule has 1 amide bonds. The molecule has 4 rings (SSSR count). The number of carbonyl (C=O) groups excluding carboxylic acids is 2. The van der Waals surface area contributed by atoms with Crippen LogP contribution in [0.3, 0.4) is 0 Å². The maximum absolute atomic E-state index is 13.1. The molecule has 0 atom stereocenters. The fraction of sp³-hybridized carbons (Fsp3) is 0.320. The van der Waals surface area contributed by atoms with Crippen LogP contribution in [0.25, 0.3) is 22.6 Å². The van der Waals surface area contributed by atoms with Crippen LogP contribution in [0.4, 0.5) is 0 Å². The van der Waals surface area contributed by atoms with E-state index >= 15 is 0 Å². The molecule has 0 spiro atoms. The summed E-state index contributed by atoms with van der Waals surface area (Å²) in [6.07, 6.45) is 6.70. The van der Waals surface area contributed by atoms with Crippen LogP contribution in [-0.2, 0) is 16.0 Å². The largest absolute Gasteiger partial charge is 0.452 e. The minimum Gasteiger partial charge on any atom is -0.452 e. The molecule has 1 aliphatic rings. The summed E-state index contributed by atoms with van der Waals surface area (Å²) in [5.74, 6) is -0.731. The average Bonchev–Trinajstić information content (AvgIpc) is 3.29. The molecule has 0 fully saturated rings. The summed E-state index contributed by atoms with van der Waals surface area (Å²) in [6, 6.07) is 11.8. The molecule has 3 aromatic rings. The van der Waals surface area contributed by atoms with E-state index in [1.807, 2.05) is 30.3 Å². The minimum absolute atomic E-state index is 0.271. The smallest absolute Gasteiger partial charge is 0.339 e. The second-order valence-electron chi connectivity index (χ2n) is 7.65. The molecule has 160 valence electrons. The number of ether oxygens (including phenoxy) is 1. The molecule has 0 unspecified atom stereocenters. The summed E-state index contributed by atoms with van der Waals surface area (Å²) in [6.45, 7) is 2.38. The highest BCUT2D eigenvalue weighted by Crippen LogP contribution is 2.36. The first kappa shape index (κ1) is 21.2. The zero-order valence-corrected chi connectivity index (χ0v) is 18.5. The number of rotatable bonds is 7. The van der Waals surface area contributed by atoms with Gasteiger partial charge in [0.1, 0.15) is 0 Å². The van der Waals surface area contributed by atoms with Crippen LogP contribution in [0.1, 0.15) is 59.1 Å². The molecule has 0 saturated heterocycles. The Hall–Kier alpha value is -2.99. The highest BCUT2D eigenvalue weighted by molar-refractivity contribution is 7.10. The van der Waals surface area contributed by atoms with E-state index in [9.17, 15) is 9.59 Å². The average molecular weight is 435 g/mol. The molecule has 1 aliphatic carbocycles. The number of fused-ring (bicyclic) bond motifs is 2. The zero-order chi connectivity index (χ0) is 21.6. The number of allylic oxidation sites excluding steroid dienone is 1. The van der Waals surface area contributed by atoms with Crippen molar-refractivity contribution < 1.29 is 14.3 Å². The van der Waals surface area contributed by atoms with Crippen molar-refractivity contribution >= 4 is 45.8 Å². The number of esters is 1. The molecule has 2 aromatic heterocycles. The fourth-order valence-corrected chi connectivity index (χ4v) is 4.59. The highest BCUT2D eigenvalue weighted by Gasteiger charge is 2.26. The van der Waals surface area contributed by atoms with Gasteiger partial charge in [-0.1, -0.05) is 37.6 Å². The lowest BCUT2D eigenvalue weighted by molar-refractivity contribution is -0.124. The van der Waals surface area contributed by atoms with Gasteiger partial charge in [-0.3, -0.25) is 4.79 Å². The maximum atomic E-state index is 13.1. The lowest BCUT2D eigenvalue weighted by atomic mass is 9.86. The van der Waals surface area contributed by atoms with Crippen LogP contribution in [0.15, 0.2) is 41.8 Å². The third-order valence-electron chi connectivity index (χ3n) is 5.42. The third kappa shape index (κ3) is 4.85. The van der Waals surface area contributed by atoms with Crippen molar-refractivity contribution in [3.63, 3.8) is 0 Å². The number of benzene rings is 1. The number of nitrogens with zero attached hydrogens (tertiary/aromatic N) is 1. The van der Waals surface area contributed by atoms with E-state index in [0.29, 0.717) is 12.1 Å². The number of hydrogen-bond acceptors (Lipinski definition) is 5. The van der Waals surface area contributed by atoms with Crippen LogP contribution < -0.4 is 5.32 Å². The Balaban J connectivity index is 1.68. The number of carbonyl (C=O) groups is 2. The van der Waals surface area contributed by atoms with E-state index < -0.39 is 5.97 Å². The van der Waals surface area contributed by atoms with E-state index in [4.69, 9.17) is 9.72 Å². The van der Waals surface area contributed by atoms with E-state index in [2.05, 4.69) is 29.8 Å². The van der Waals surface area contributed by atoms with Crippen LogP contribution in [-0.4, -0.2) is 30.0 Å². The van der Waals surface area contributed by atoms with Crippen molar-refractivity contribution in [2.45, 2.75) is 39.0 Å². The second-order valence-corrected chi connectivity index (χ2v) is 8.63. The number of aromatic nitrogens is 1. The lowest BCUT2D eigenvalue weighted by Gasteiger charge is -2.22. The van der Waals surface area contributed by atoms with Gasteiger partial charge in [0.2, 0.25) is 0 Å². The van der Waals surface area contributed by atoms with Crippen LogP contribution in [0.2, 0.25) is 0 Å². The van der Waals surface area contributed by atoms with Crippen molar-refractivity contribution in [3.8, 4) is 0 Å². The molecule has 5 nitrogen and oxygen atoms in total. The van der Waals surface area contributed by atoms with Crippen molar-refractivity contribution in [1.29, 1.82) is 0 Å². The number of hydrogen-bond donors (Lipinski definition) is 1. The first-order chi connectivity index (χ1) is 15.2. The summed E-state index contributed by atoms with van der Waals surface area (Å²) >= 11 is 1.68. The van der Waals surface area contributed by atoms with Crippen LogP contribution in [0, 0.1) is 0 Å². The number of unbranched alkanes of at least 4 members (excludes halogenated alkanes) is 1. The summed E-state index contributed by atoms with van der Waals surface area (Å²) in [7, 11) is 0. The minimum atomic E-state index is -0.460. The Bertz CT molecular complexity index is 1120. The topological polar surface area (TPSA) is 68.3 Å². The normalized spacial score (nSPS) is 14.4. The van der Waals surface area contributed by atoms with E-state index in [0.717, 1.165) is 59.8 Å². The molecule has 1 N–H and O–H groups in total. The molecule has 0 aliphatic heterocycles. The predicted molar refractivity (Wildman–Crippen MR) is 125 cm³/mol. The Kier molecular flexibility index (Phi) is 6.77. The van der Waals surface area contributed by atoms with Crippen molar-refractivity contribution in [2.75, 3.05) is 13.2 Å². The van der Waals surface area contributed by atoms with Crippen LogP contribution in [0.5, 0.6) is 0 Å². The molecule has 6 heteroatoms. The Morgan fingerprint density at radius 2 is 2.06 bits per heavy atom. The van der Waals surface area contributed by atoms with Gasteiger partial charge in [0.25, 0.3) is 5.91 Å². The van der Waals surface area contributed by atoms with Crippen molar-refractivity contribution in [3.05, 3.63) is 63.5 Å². The molecule has 0 bridgehead atoms. The lowest BCUT2D eigenvalue weighted by Crippen LogP contribution is -2.30. The summed E-state index contributed by atoms with van der Waals surface area (Å²) in [5, 5.41) is 5.61. The van der Waals surface area contributed by atoms with E-state index in [1.54, 1.807) is 11.3 Å². The summed E-state index contributed by atoms with van der Waals surface area (Å²) in [4.78, 5) is 31.3. The standard InChI is InChI=1S/C25H26N2O3S/c1-2-3-13-26-22(28)16-30-25(29)23-19-10-4-5-12-21(19)27-24-17(8-6-11-20(23)24)15-18-9-7-14-31-18/h4-5,7,9-10,12,14-15H,2-3,6,8,11,13,16H2,1H3,(H,26,28)/b17-15-. The van der Waals surface area contributed by atoms with Gasteiger partial charge < -0.3 is 10.1 Å². The monoisotopic (exact) mass is 434 g/mol. The Morgan fingerprint density at radius 1 is 1.19 bits per heavy atom. The first-order valence-corrected chi connectivity index (χ1v) is 11.6. The SMILES string of the molecule is CCCCNC(=O)COC(=O)c1c2c(nc3ccccc13)/C(=C\c1cccs1)CCC2. The molecule has 31 heavy (non-hydrogen) atoms. The summed E-state index contributed by atoms with van der Waals surface area (Å²) in [5.41, 5.74) is 4.24. The number of para-hydroxylation sites is 1. The molecule has 1 aromatic carbocycles. The van der Waals surface area contributed by atoms with E-state index in [1.165, 1.54) is 4.88 Å². The van der Waals surface area contributed by atoms with Gasteiger partial charge in [0, 0.05) is 16.8 Å². The fourth-order valence-electron chi connectivity index (χ4n) is 3.91. The predicted octanol–water partition coefficient (Wildman–Crippen LogP) is 5.25. The van der Waals surface area contributed by atoms with Gasteiger partial charge in [-0.05, 0) is 60.4 Å². The third-order valence-corrected chi connectivity index (χ3v) is 6.24. The van der Waals surface area contributed by atoms with Crippen molar-refractivity contribution in [2.24, 2.45) is 0 Å². The molecular weight excluding hydrogens is 408 g/mol. The van der Waals surface area contributed by atoms with Crippen LogP contribution >= 0.6 is 11.3 Å². The Labute approximate surface area is 186 Å². The van der Waals surface area contributed by atoms with Gasteiger partial charge >= 0.3 is 5.97 Å². The van der Waals surface area contributed by atoms with Gasteiger partial charge in [-0.15, -0.1) is 11.3 Å². The van der Waals surface area contributed by atoms with Gasteiger partial charge in [0.05, 0.1) is 16.8 Å². The van der Waals surface area contributed by atoms with Gasteiger partial charge in [0.15, 0.2) is 6.61 Å². The molecular formula is C25H26N2O3S. The first-order valence-electron chi connectivity index (χ1n) is 10.8. The highest BCUT2D eigenvalue weighted by atomic mass is 32.1. The quantitative estimate of drug-likeness (QED) is 0.408. The number of pyridine rings is 1. The Morgan fingerprint density at radius 3 is 2.87 bits per heavy atom. The van der Waals surface area contributed by atoms with Gasteiger partial charge in [-0.2, -0.15) is 0 Å². The maximum Gasteiger partial charge on any atom is 0.339 e. The summed E-state index contributed by atoms with van der Waals surface area (Å²) < 4.78 is 5.44. The second kappa shape index (κ2) is 9.88. The van der Waals surface area contributed by atoms with E-state index in [-0.39, 0.29) is 12.5 Å². The number of nitrogens with one attached hydrogen (secondary N) is 1.